The standard InChI is InChI=1S/C28H35N5O3/c1-3-8-27(34)32(14-7-11-24-10-4-5-13-26(24)36-2)18-15-31-16-19-33(20-17-31)28(35)30-25-12-6-9-23(21-25)22-29/h4-7,9-13,21H,3,8,14-20H2,1-2H3,(H,30,35). The van der Waals surface area contributed by atoms with Crippen molar-refractivity contribution in [2.75, 3.05) is 58.2 Å². The number of nitriles is 1. The van der Waals surface area contributed by atoms with E-state index in [1.165, 1.54) is 0 Å². The quantitative estimate of drug-likeness (QED) is 0.544. The third-order valence-electron chi connectivity index (χ3n) is 6.17. The lowest BCUT2D eigenvalue weighted by molar-refractivity contribution is -0.130. The van der Waals surface area contributed by atoms with Crippen LogP contribution in [0.4, 0.5) is 10.5 Å². The molecule has 2 aromatic rings. The Kier molecular flexibility index (Phi) is 10.3. The van der Waals surface area contributed by atoms with Crippen LogP contribution in [0.15, 0.2) is 54.6 Å². The highest BCUT2D eigenvalue weighted by atomic mass is 16.5. The number of methoxy groups -OCH3 is 1. The molecule has 0 saturated carbocycles. The van der Waals surface area contributed by atoms with E-state index in [2.05, 4.69) is 16.3 Å². The Bertz CT molecular complexity index is 1090. The van der Waals surface area contributed by atoms with Gasteiger partial charge in [0.05, 0.1) is 18.7 Å². The number of amides is 3. The highest BCUT2D eigenvalue weighted by Crippen LogP contribution is 2.18. The lowest BCUT2D eigenvalue weighted by atomic mass is 10.2. The minimum absolute atomic E-state index is 0.153. The second-order valence-electron chi connectivity index (χ2n) is 8.69. The molecule has 0 unspecified atom stereocenters. The fourth-order valence-electron chi connectivity index (χ4n) is 4.11. The van der Waals surface area contributed by atoms with Crippen molar-refractivity contribution in [3.8, 4) is 11.8 Å². The first-order chi connectivity index (χ1) is 17.5. The van der Waals surface area contributed by atoms with Crippen LogP contribution in [0, 0.1) is 11.3 Å². The van der Waals surface area contributed by atoms with E-state index in [9.17, 15) is 9.59 Å². The number of urea groups is 1. The number of carbonyl (C=O) groups is 2. The highest BCUT2D eigenvalue weighted by Gasteiger charge is 2.22. The molecule has 1 heterocycles. The van der Waals surface area contributed by atoms with E-state index in [1.807, 2.05) is 48.2 Å². The van der Waals surface area contributed by atoms with Gasteiger partial charge in [0.15, 0.2) is 0 Å². The average Bonchev–Trinajstić information content (AvgIpc) is 2.91. The van der Waals surface area contributed by atoms with Gasteiger partial charge in [0.25, 0.3) is 0 Å². The van der Waals surface area contributed by atoms with E-state index in [1.54, 1.807) is 36.3 Å². The zero-order valence-electron chi connectivity index (χ0n) is 21.2. The average molecular weight is 490 g/mol. The molecule has 0 bridgehead atoms. The van der Waals surface area contributed by atoms with Crippen LogP contribution in [0.2, 0.25) is 0 Å². The maximum Gasteiger partial charge on any atom is 0.321 e. The molecule has 1 aliphatic rings. The summed E-state index contributed by atoms with van der Waals surface area (Å²) in [6.07, 6.45) is 5.35. The molecule has 8 heteroatoms. The van der Waals surface area contributed by atoms with Gasteiger partial charge in [-0.25, -0.2) is 4.79 Å². The molecule has 0 aromatic heterocycles. The van der Waals surface area contributed by atoms with Crippen LogP contribution in [0.1, 0.15) is 30.9 Å². The number of piperazine rings is 1. The van der Waals surface area contributed by atoms with Gasteiger partial charge >= 0.3 is 6.03 Å². The van der Waals surface area contributed by atoms with Crippen molar-refractivity contribution in [3.63, 3.8) is 0 Å². The number of anilines is 1. The molecule has 0 spiro atoms. The van der Waals surface area contributed by atoms with Gasteiger partial charge in [0.1, 0.15) is 5.75 Å². The predicted molar refractivity (Wildman–Crippen MR) is 142 cm³/mol. The van der Waals surface area contributed by atoms with E-state index in [0.717, 1.165) is 37.4 Å². The summed E-state index contributed by atoms with van der Waals surface area (Å²) in [5.74, 6) is 0.958. The number of carbonyl (C=O) groups excluding carboxylic acids is 2. The Labute approximate surface area is 213 Å². The normalized spacial score (nSPS) is 13.9. The summed E-state index contributed by atoms with van der Waals surface area (Å²) in [5, 5.41) is 11.9. The van der Waals surface area contributed by atoms with Crippen molar-refractivity contribution in [2.24, 2.45) is 0 Å². The van der Waals surface area contributed by atoms with Gasteiger partial charge in [-0.2, -0.15) is 5.26 Å². The van der Waals surface area contributed by atoms with Crippen molar-refractivity contribution in [1.82, 2.24) is 14.7 Å². The number of benzene rings is 2. The van der Waals surface area contributed by atoms with Crippen molar-refractivity contribution >= 4 is 23.7 Å². The maximum atomic E-state index is 12.7. The minimum atomic E-state index is -0.161. The van der Waals surface area contributed by atoms with Crippen LogP contribution < -0.4 is 10.1 Å². The molecule has 3 amide bonds. The lowest BCUT2D eigenvalue weighted by Crippen LogP contribution is -2.51. The summed E-state index contributed by atoms with van der Waals surface area (Å²) < 4.78 is 5.40. The second kappa shape index (κ2) is 13.9. The molecule has 0 aliphatic carbocycles. The summed E-state index contributed by atoms with van der Waals surface area (Å²) in [5.41, 5.74) is 2.11. The third-order valence-corrected chi connectivity index (χ3v) is 6.17. The van der Waals surface area contributed by atoms with Crippen LogP contribution >= 0.6 is 0 Å². The zero-order chi connectivity index (χ0) is 25.8. The van der Waals surface area contributed by atoms with Gasteiger partial charge in [-0.05, 0) is 30.7 Å². The maximum absolute atomic E-state index is 12.7. The Hall–Kier alpha value is -3.83. The topological polar surface area (TPSA) is 88.9 Å². The second-order valence-corrected chi connectivity index (χ2v) is 8.69. The van der Waals surface area contributed by atoms with Gasteiger partial charge in [-0.3, -0.25) is 9.69 Å². The number of para-hydroxylation sites is 1. The molecular weight excluding hydrogens is 454 g/mol. The van der Waals surface area contributed by atoms with Gasteiger partial charge in [0, 0.05) is 63.5 Å². The molecule has 2 aromatic carbocycles. The van der Waals surface area contributed by atoms with Crippen molar-refractivity contribution in [3.05, 3.63) is 65.7 Å². The highest BCUT2D eigenvalue weighted by molar-refractivity contribution is 5.89. The van der Waals surface area contributed by atoms with Crippen LogP contribution in [-0.2, 0) is 4.79 Å². The number of rotatable bonds is 10. The minimum Gasteiger partial charge on any atom is -0.496 e. The first-order valence-electron chi connectivity index (χ1n) is 12.4. The van der Waals surface area contributed by atoms with E-state index >= 15 is 0 Å². The van der Waals surface area contributed by atoms with Gasteiger partial charge in [-0.15, -0.1) is 0 Å². The Balaban J connectivity index is 1.49. The number of hydrogen-bond acceptors (Lipinski definition) is 5. The fraction of sp³-hybridized carbons (Fsp3) is 0.393. The van der Waals surface area contributed by atoms with Crippen molar-refractivity contribution in [2.45, 2.75) is 19.8 Å². The summed E-state index contributed by atoms with van der Waals surface area (Å²) in [7, 11) is 1.65. The summed E-state index contributed by atoms with van der Waals surface area (Å²) in [4.78, 5) is 31.3. The molecule has 36 heavy (non-hydrogen) atoms. The van der Waals surface area contributed by atoms with Crippen LogP contribution in [0.5, 0.6) is 5.75 Å². The first kappa shape index (κ1) is 26.8. The molecule has 0 atom stereocenters. The first-order valence-corrected chi connectivity index (χ1v) is 12.4. The van der Waals surface area contributed by atoms with Gasteiger partial charge in [-0.1, -0.05) is 43.3 Å². The van der Waals surface area contributed by atoms with E-state index < -0.39 is 0 Å². The number of ether oxygens (including phenoxy) is 1. The molecule has 1 N–H and O–H groups in total. The van der Waals surface area contributed by atoms with Crippen LogP contribution in [0.25, 0.3) is 6.08 Å². The zero-order valence-corrected chi connectivity index (χ0v) is 21.2. The third kappa shape index (κ3) is 7.85. The summed E-state index contributed by atoms with van der Waals surface area (Å²) in [6, 6.07) is 16.6. The summed E-state index contributed by atoms with van der Waals surface area (Å²) in [6.45, 7) is 6.68. The van der Waals surface area contributed by atoms with E-state index in [4.69, 9.17) is 10.00 Å². The van der Waals surface area contributed by atoms with Crippen molar-refractivity contribution < 1.29 is 14.3 Å². The number of hydrogen-bond donors (Lipinski definition) is 1. The Morgan fingerprint density at radius 2 is 1.92 bits per heavy atom. The molecule has 0 radical (unpaired) electrons. The van der Waals surface area contributed by atoms with E-state index in [-0.39, 0.29) is 11.9 Å². The SMILES string of the molecule is CCCC(=O)N(CC=Cc1ccccc1OC)CCN1CCN(C(=O)Nc2cccc(C#N)c2)CC1. The Morgan fingerprint density at radius 3 is 2.64 bits per heavy atom. The summed E-state index contributed by atoms with van der Waals surface area (Å²) >= 11 is 0. The number of nitrogens with zero attached hydrogens (tertiary/aromatic N) is 4. The number of nitrogens with one attached hydrogen (secondary N) is 1. The smallest absolute Gasteiger partial charge is 0.321 e. The monoisotopic (exact) mass is 489 g/mol. The van der Waals surface area contributed by atoms with Crippen molar-refractivity contribution in [1.29, 1.82) is 5.26 Å². The lowest BCUT2D eigenvalue weighted by Gasteiger charge is -2.35. The largest absolute Gasteiger partial charge is 0.496 e. The molecule has 1 saturated heterocycles. The molecule has 1 aliphatic heterocycles. The van der Waals surface area contributed by atoms with E-state index in [0.29, 0.717) is 43.9 Å². The van der Waals surface area contributed by atoms with Crippen LogP contribution in [-0.4, -0.2) is 79.6 Å². The molecule has 8 nitrogen and oxygen atoms in total. The molecule has 190 valence electrons. The molecular formula is C28H35N5O3. The molecule has 3 rings (SSSR count). The van der Waals surface area contributed by atoms with Crippen LogP contribution in [0.3, 0.4) is 0 Å². The van der Waals surface area contributed by atoms with Gasteiger partial charge < -0.3 is 19.9 Å². The van der Waals surface area contributed by atoms with Gasteiger partial charge in [0.2, 0.25) is 5.91 Å². The predicted octanol–water partition coefficient (Wildman–Crippen LogP) is 4.06. The fourth-order valence-corrected chi connectivity index (χ4v) is 4.11. The Morgan fingerprint density at radius 1 is 1.14 bits per heavy atom. The molecule has 1 fully saturated rings.